The number of rotatable bonds is 9. The highest BCUT2D eigenvalue weighted by Gasteiger charge is 2.44. The van der Waals surface area contributed by atoms with Crippen LogP contribution in [-0.2, 0) is 32.0 Å². The van der Waals surface area contributed by atoms with Gasteiger partial charge in [0, 0.05) is 11.6 Å². The Kier molecular flexibility index (Phi) is 8.36. The second-order valence-electron chi connectivity index (χ2n) is 8.68. The fourth-order valence-corrected chi connectivity index (χ4v) is 4.57. The number of anilines is 1. The molecule has 8 heteroatoms. The number of carbonyl (C=O) groups is 4. The maximum absolute atomic E-state index is 13.5. The molecule has 0 spiro atoms. The fourth-order valence-electron chi connectivity index (χ4n) is 4.36. The third-order valence-electron chi connectivity index (χ3n) is 6.18. The van der Waals surface area contributed by atoms with Crippen molar-refractivity contribution in [1.29, 1.82) is 0 Å². The van der Waals surface area contributed by atoms with E-state index >= 15 is 0 Å². The first-order valence-corrected chi connectivity index (χ1v) is 12.5. The lowest BCUT2D eigenvalue weighted by atomic mass is 10.1. The van der Waals surface area contributed by atoms with E-state index in [4.69, 9.17) is 16.3 Å². The third-order valence-corrected chi connectivity index (χ3v) is 6.42. The number of benzene rings is 3. The predicted octanol–water partition coefficient (Wildman–Crippen LogP) is 4.46. The Bertz CT molecular complexity index is 1290. The number of hydrogen-bond donors (Lipinski definition) is 0. The Morgan fingerprint density at radius 2 is 1.68 bits per heavy atom. The van der Waals surface area contributed by atoms with Gasteiger partial charge >= 0.3 is 5.97 Å². The van der Waals surface area contributed by atoms with E-state index in [1.54, 1.807) is 13.0 Å². The summed E-state index contributed by atoms with van der Waals surface area (Å²) in [5.74, 6) is -1.59. The first kappa shape index (κ1) is 26.1. The highest BCUT2D eigenvalue weighted by atomic mass is 35.5. The van der Waals surface area contributed by atoms with Crippen molar-refractivity contribution in [1.82, 2.24) is 4.90 Å². The van der Waals surface area contributed by atoms with Crippen LogP contribution in [0.1, 0.15) is 34.8 Å². The van der Waals surface area contributed by atoms with Crippen molar-refractivity contribution in [3.05, 3.63) is 101 Å². The smallest absolute Gasteiger partial charge is 0.338 e. The minimum atomic E-state index is -0.923. The van der Waals surface area contributed by atoms with E-state index in [0.717, 1.165) is 16.0 Å². The zero-order valence-electron chi connectivity index (χ0n) is 20.4. The summed E-state index contributed by atoms with van der Waals surface area (Å²) in [5.41, 5.74) is 2.41. The van der Waals surface area contributed by atoms with Crippen molar-refractivity contribution in [3.8, 4) is 0 Å². The van der Waals surface area contributed by atoms with Crippen molar-refractivity contribution in [3.63, 3.8) is 0 Å². The van der Waals surface area contributed by atoms with Crippen LogP contribution in [0.5, 0.6) is 0 Å². The van der Waals surface area contributed by atoms with Crippen LogP contribution in [-0.4, -0.2) is 47.8 Å². The molecule has 1 atom stereocenters. The van der Waals surface area contributed by atoms with E-state index in [-0.39, 0.29) is 31.9 Å². The second-order valence-corrected chi connectivity index (χ2v) is 9.12. The second kappa shape index (κ2) is 11.8. The largest absolute Gasteiger partial charge is 0.462 e. The van der Waals surface area contributed by atoms with E-state index in [2.05, 4.69) is 0 Å². The lowest BCUT2D eigenvalue weighted by molar-refractivity contribution is -0.137. The predicted molar refractivity (Wildman–Crippen MR) is 140 cm³/mol. The summed E-state index contributed by atoms with van der Waals surface area (Å²) in [7, 11) is 0. The number of halogens is 1. The van der Waals surface area contributed by atoms with E-state index in [1.807, 2.05) is 48.5 Å². The van der Waals surface area contributed by atoms with Crippen LogP contribution in [0.4, 0.5) is 5.69 Å². The molecule has 37 heavy (non-hydrogen) atoms. The van der Waals surface area contributed by atoms with Crippen LogP contribution >= 0.6 is 11.6 Å². The zero-order valence-corrected chi connectivity index (χ0v) is 21.2. The van der Waals surface area contributed by atoms with Crippen molar-refractivity contribution in [2.45, 2.75) is 32.2 Å². The average molecular weight is 519 g/mol. The van der Waals surface area contributed by atoms with Gasteiger partial charge in [0.15, 0.2) is 0 Å². The maximum Gasteiger partial charge on any atom is 0.338 e. The topological polar surface area (TPSA) is 84.0 Å². The van der Waals surface area contributed by atoms with Crippen molar-refractivity contribution >= 4 is 41.0 Å². The fraction of sp³-hybridized carbons (Fsp3) is 0.241. The molecule has 3 aromatic carbocycles. The van der Waals surface area contributed by atoms with Crippen molar-refractivity contribution in [2.24, 2.45) is 0 Å². The van der Waals surface area contributed by atoms with E-state index in [0.29, 0.717) is 22.7 Å². The van der Waals surface area contributed by atoms with Crippen molar-refractivity contribution < 1.29 is 23.9 Å². The molecule has 0 bridgehead atoms. The van der Waals surface area contributed by atoms with E-state index in [1.165, 1.54) is 29.2 Å². The molecule has 7 nitrogen and oxygen atoms in total. The SMILES string of the molecule is CCOC(=O)c1ccc(N2C(=O)CC(N(CCc3cccc(Cl)c3)C(=O)Cc3ccccc3)C2=O)cc1. The van der Waals surface area contributed by atoms with Gasteiger partial charge in [0.1, 0.15) is 6.04 Å². The van der Waals surface area contributed by atoms with Gasteiger partial charge in [0.25, 0.3) is 5.91 Å². The highest BCUT2D eigenvalue weighted by molar-refractivity contribution is 6.30. The Hall–Kier alpha value is -3.97. The molecule has 1 saturated heterocycles. The van der Waals surface area contributed by atoms with Gasteiger partial charge in [0.05, 0.1) is 30.7 Å². The Labute approximate surface area is 220 Å². The summed E-state index contributed by atoms with van der Waals surface area (Å²) >= 11 is 6.12. The number of carbonyl (C=O) groups excluding carboxylic acids is 4. The normalized spacial score (nSPS) is 15.1. The number of esters is 1. The van der Waals surface area contributed by atoms with E-state index in [9.17, 15) is 19.2 Å². The number of hydrogen-bond acceptors (Lipinski definition) is 5. The van der Waals surface area contributed by atoms with Gasteiger partial charge in [-0.25, -0.2) is 9.69 Å². The van der Waals surface area contributed by atoms with Crippen molar-refractivity contribution in [2.75, 3.05) is 18.1 Å². The molecule has 3 amide bonds. The monoisotopic (exact) mass is 518 g/mol. The molecule has 1 aliphatic heterocycles. The molecule has 1 unspecified atom stereocenters. The molecule has 190 valence electrons. The summed E-state index contributed by atoms with van der Waals surface area (Å²) in [6, 6.07) is 21.8. The van der Waals surface area contributed by atoms with Gasteiger partial charge in [-0.05, 0) is 60.9 Å². The number of imide groups is 1. The van der Waals surface area contributed by atoms with Crippen LogP contribution < -0.4 is 4.90 Å². The summed E-state index contributed by atoms with van der Waals surface area (Å²) < 4.78 is 4.99. The molecule has 3 aromatic rings. The van der Waals surface area contributed by atoms with Crippen LogP contribution in [0, 0.1) is 0 Å². The van der Waals surface area contributed by atoms with Gasteiger partial charge in [-0.1, -0.05) is 54.1 Å². The van der Waals surface area contributed by atoms with Gasteiger partial charge in [-0.2, -0.15) is 0 Å². The molecule has 1 aliphatic rings. The average Bonchev–Trinajstić information content (AvgIpc) is 3.18. The van der Waals surface area contributed by atoms with Gasteiger partial charge in [-0.15, -0.1) is 0 Å². The molecule has 0 N–H and O–H groups in total. The summed E-state index contributed by atoms with van der Waals surface area (Å²) in [6.45, 7) is 2.21. The quantitative estimate of drug-likeness (QED) is 0.308. The van der Waals surface area contributed by atoms with Crippen LogP contribution in [0.3, 0.4) is 0 Å². The molecule has 0 saturated carbocycles. The molecule has 1 heterocycles. The van der Waals surface area contributed by atoms with Crippen LogP contribution in [0.25, 0.3) is 0 Å². The Balaban J connectivity index is 1.56. The minimum absolute atomic E-state index is 0.114. The first-order valence-electron chi connectivity index (χ1n) is 12.1. The summed E-state index contributed by atoms with van der Waals surface area (Å²) in [5, 5.41) is 0.587. The van der Waals surface area contributed by atoms with E-state index < -0.39 is 23.8 Å². The molecule has 0 radical (unpaired) electrons. The molecule has 4 rings (SSSR count). The zero-order chi connectivity index (χ0) is 26.4. The maximum atomic E-state index is 13.5. The molecule has 0 aliphatic carbocycles. The molecular weight excluding hydrogens is 492 g/mol. The Morgan fingerprint density at radius 3 is 2.35 bits per heavy atom. The lowest BCUT2D eigenvalue weighted by Gasteiger charge is -2.28. The van der Waals surface area contributed by atoms with Gasteiger partial charge in [-0.3, -0.25) is 14.4 Å². The van der Waals surface area contributed by atoms with Crippen LogP contribution in [0.15, 0.2) is 78.9 Å². The third kappa shape index (κ3) is 6.24. The van der Waals surface area contributed by atoms with Gasteiger partial charge < -0.3 is 9.64 Å². The molecule has 0 aromatic heterocycles. The molecule has 1 fully saturated rings. The Morgan fingerprint density at radius 1 is 0.973 bits per heavy atom. The number of amides is 3. The number of nitrogens with zero attached hydrogens (tertiary/aromatic N) is 2. The molecular formula is C29H27ClN2O5. The number of ether oxygens (including phenoxy) is 1. The standard InChI is InChI=1S/C29H27ClN2O5/c1-2-37-29(36)22-11-13-24(14-12-22)32-27(34)19-25(28(32)35)31(16-15-21-9-6-10-23(30)17-21)26(33)18-20-7-4-3-5-8-20/h3-14,17,25H,2,15-16,18-19H2,1H3. The summed E-state index contributed by atoms with van der Waals surface area (Å²) in [6.07, 6.45) is 0.477. The highest BCUT2D eigenvalue weighted by Crippen LogP contribution is 2.27. The first-order chi connectivity index (χ1) is 17.9. The van der Waals surface area contributed by atoms with Gasteiger partial charge in [0.2, 0.25) is 11.8 Å². The minimum Gasteiger partial charge on any atom is -0.462 e. The summed E-state index contributed by atoms with van der Waals surface area (Å²) in [4.78, 5) is 54.5. The van der Waals surface area contributed by atoms with Crippen LogP contribution in [0.2, 0.25) is 5.02 Å². The lowest BCUT2D eigenvalue weighted by Crippen LogP contribution is -2.47.